The van der Waals surface area contributed by atoms with E-state index in [1.165, 1.54) is 44.6 Å². The molecule has 3 rings (SSSR count). The van der Waals surface area contributed by atoms with Crippen molar-refractivity contribution in [3.05, 3.63) is 37.5 Å². The van der Waals surface area contributed by atoms with E-state index in [2.05, 4.69) is 13.2 Å². The third-order valence-electron chi connectivity index (χ3n) is 6.16. The molecule has 0 amide bonds. The predicted molar refractivity (Wildman–Crippen MR) is 99.8 cm³/mol. The van der Waals surface area contributed by atoms with Gasteiger partial charge in [0.05, 0.1) is 0 Å². The highest BCUT2D eigenvalue weighted by Crippen LogP contribution is 2.43. The Morgan fingerprint density at radius 2 is 1.58 bits per heavy atom. The van der Waals surface area contributed by atoms with Crippen LogP contribution < -0.4 is 0 Å². The summed E-state index contributed by atoms with van der Waals surface area (Å²) in [6.07, 6.45) is 20.8. The topological polar surface area (TPSA) is 34.1 Å². The van der Waals surface area contributed by atoms with Gasteiger partial charge in [0.2, 0.25) is 0 Å². The Morgan fingerprint density at radius 1 is 1.00 bits per heavy atom. The molecule has 1 spiro atoms. The minimum absolute atomic E-state index is 0.0816. The van der Waals surface area contributed by atoms with Crippen molar-refractivity contribution in [1.29, 1.82) is 0 Å². The van der Waals surface area contributed by atoms with Crippen molar-refractivity contribution >= 4 is 11.6 Å². The Hall–Kier alpha value is -1.44. The molecule has 24 heavy (non-hydrogen) atoms. The van der Waals surface area contributed by atoms with Crippen molar-refractivity contribution in [2.45, 2.75) is 77.0 Å². The van der Waals surface area contributed by atoms with Crippen LogP contribution in [0.15, 0.2) is 37.5 Å². The lowest BCUT2D eigenvalue weighted by molar-refractivity contribution is -0.125. The lowest BCUT2D eigenvalue weighted by atomic mass is 9.69. The quantitative estimate of drug-likeness (QED) is 0.487. The fourth-order valence-corrected chi connectivity index (χ4v) is 4.62. The summed E-state index contributed by atoms with van der Waals surface area (Å²) in [6, 6.07) is 0. The van der Waals surface area contributed by atoms with Gasteiger partial charge < -0.3 is 0 Å². The van der Waals surface area contributed by atoms with Gasteiger partial charge in [-0.25, -0.2) is 0 Å². The highest BCUT2D eigenvalue weighted by atomic mass is 16.1. The molecule has 0 aromatic heterocycles. The summed E-state index contributed by atoms with van der Waals surface area (Å²) in [4.78, 5) is 23.2. The van der Waals surface area contributed by atoms with Gasteiger partial charge in [0.15, 0.2) is 11.6 Å². The first-order chi connectivity index (χ1) is 11.6. The molecule has 0 atom stereocenters. The van der Waals surface area contributed by atoms with Gasteiger partial charge in [0, 0.05) is 10.8 Å². The molecule has 3 aliphatic rings. The first-order valence-corrected chi connectivity index (χ1v) is 9.57. The SMILES string of the molecule is C=CCC1(C(=O)C=C)CCCCC1.O=C1C=CCC12CCCCC2. The van der Waals surface area contributed by atoms with Crippen molar-refractivity contribution in [2.75, 3.05) is 0 Å². The zero-order chi connectivity index (χ0) is 17.5. The van der Waals surface area contributed by atoms with Crippen LogP contribution in [0.4, 0.5) is 0 Å². The molecule has 2 fully saturated rings. The maximum atomic E-state index is 11.7. The molecule has 0 saturated heterocycles. The molecule has 2 heteroatoms. The molecule has 0 heterocycles. The van der Waals surface area contributed by atoms with Crippen molar-refractivity contribution in [2.24, 2.45) is 10.8 Å². The minimum atomic E-state index is -0.137. The van der Waals surface area contributed by atoms with Gasteiger partial charge in [-0.2, -0.15) is 0 Å². The van der Waals surface area contributed by atoms with E-state index in [1.54, 1.807) is 6.08 Å². The van der Waals surface area contributed by atoms with Crippen LogP contribution in [-0.2, 0) is 9.59 Å². The molecule has 0 aromatic carbocycles. The maximum Gasteiger partial charge on any atom is 0.161 e. The first-order valence-electron chi connectivity index (χ1n) is 9.57. The molecule has 0 aliphatic heterocycles. The van der Waals surface area contributed by atoms with Gasteiger partial charge in [-0.1, -0.05) is 57.3 Å². The van der Waals surface area contributed by atoms with Crippen LogP contribution >= 0.6 is 0 Å². The fraction of sp³-hybridized carbons (Fsp3) is 0.636. The van der Waals surface area contributed by atoms with Gasteiger partial charge >= 0.3 is 0 Å². The van der Waals surface area contributed by atoms with Gasteiger partial charge in [-0.05, 0) is 50.7 Å². The van der Waals surface area contributed by atoms with Gasteiger partial charge in [0.25, 0.3) is 0 Å². The first kappa shape index (κ1) is 18.9. The summed E-state index contributed by atoms with van der Waals surface area (Å²) in [6.45, 7) is 7.31. The van der Waals surface area contributed by atoms with Crippen LogP contribution in [0.3, 0.4) is 0 Å². The fourth-order valence-electron chi connectivity index (χ4n) is 4.62. The number of hydrogen-bond acceptors (Lipinski definition) is 2. The molecule has 0 unspecified atom stereocenters. The Labute approximate surface area is 147 Å². The van der Waals surface area contributed by atoms with E-state index in [-0.39, 0.29) is 16.6 Å². The molecule has 2 nitrogen and oxygen atoms in total. The van der Waals surface area contributed by atoms with Crippen LogP contribution in [-0.4, -0.2) is 11.6 Å². The third-order valence-corrected chi connectivity index (χ3v) is 6.16. The number of carbonyl (C=O) groups excluding carboxylic acids is 2. The van der Waals surface area contributed by atoms with Crippen molar-refractivity contribution in [3.8, 4) is 0 Å². The lowest BCUT2D eigenvalue weighted by Gasteiger charge is -2.34. The van der Waals surface area contributed by atoms with E-state index in [0.717, 1.165) is 38.5 Å². The van der Waals surface area contributed by atoms with E-state index < -0.39 is 0 Å². The van der Waals surface area contributed by atoms with Crippen molar-refractivity contribution < 1.29 is 9.59 Å². The zero-order valence-corrected chi connectivity index (χ0v) is 15.0. The summed E-state index contributed by atoms with van der Waals surface area (Å²) in [5.41, 5.74) is -0.0556. The highest BCUT2D eigenvalue weighted by Gasteiger charge is 2.39. The molecule has 0 N–H and O–H groups in total. The Balaban J connectivity index is 0.000000175. The third kappa shape index (κ3) is 4.15. The highest BCUT2D eigenvalue weighted by molar-refractivity contribution is 5.97. The molecule has 3 aliphatic carbocycles. The average Bonchev–Trinajstić information content (AvgIpc) is 2.96. The normalized spacial score (nSPS) is 24.1. The zero-order valence-electron chi connectivity index (χ0n) is 15.0. The summed E-state index contributed by atoms with van der Waals surface area (Å²) >= 11 is 0. The van der Waals surface area contributed by atoms with Gasteiger partial charge in [-0.15, -0.1) is 6.58 Å². The molecule has 0 aromatic rings. The number of allylic oxidation sites excluding steroid dienone is 4. The molecule has 2 saturated carbocycles. The van der Waals surface area contributed by atoms with Gasteiger partial charge in [-0.3, -0.25) is 9.59 Å². The second-order valence-electron chi connectivity index (χ2n) is 7.71. The van der Waals surface area contributed by atoms with E-state index in [4.69, 9.17) is 0 Å². The maximum absolute atomic E-state index is 11.7. The Bertz CT molecular complexity index is 500. The Morgan fingerprint density at radius 3 is 2.04 bits per heavy atom. The van der Waals surface area contributed by atoms with E-state index in [0.29, 0.717) is 5.78 Å². The molecule has 0 radical (unpaired) electrons. The smallest absolute Gasteiger partial charge is 0.161 e. The summed E-state index contributed by atoms with van der Waals surface area (Å²) < 4.78 is 0. The molecular formula is C22H32O2. The van der Waals surface area contributed by atoms with Crippen LogP contribution in [0, 0.1) is 10.8 Å². The minimum Gasteiger partial charge on any atom is -0.294 e. The van der Waals surface area contributed by atoms with Crippen LogP contribution in [0.1, 0.15) is 77.0 Å². The summed E-state index contributed by atoms with van der Waals surface area (Å²) in [7, 11) is 0. The second kappa shape index (κ2) is 8.60. The van der Waals surface area contributed by atoms with E-state index in [9.17, 15) is 9.59 Å². The van der Waals surface area contributed by atoms with Crippen LogP contribution in [0.25, 0.3) is 0 Å². The average molecular weight is 328 g/mol. The van der Waals surface area contributed by atoms with Crippen molar-refractivity contribution in [1.82, 2.24) is 0 Å². The standard InChI is InChI=1S/C12H18O.C10H14O/c1-3-8-12(11(13)4-2)9-6-5-7-10-12;11-9-5-4-8-10(9)6-2-1-3-7-10/h3-4H,1-2,5-10H2;4-5H,1-3,6-8H2. The van der Waals surface area contributed by atoms with Crippen LogP contribution in [0.5, 0.6) is 0 Å². The van der Waals surface area contributed by atoms with E-state index >= 15 is 0 Å². The largest absolute Gasteiger partial charge is 0.294 e. The lowest BCUT2D eigenvalue weighted by Crippen LogP contribution is -2.31. The Kier molecular flexibility index (Phi) is 6.77. The predicted octanol–water partition coefficient (Wildman–Crippen LogP) is 5.73. The number of hydrogen-bond donors (Lipinski definition) is 0. The summed E-state index contributed by atoms with van der Waals surface area (Å²) in [5, 5.41) is 0. The van der Waals surface area contributed by atoms with Crippen LogP contribution in [0.2, 0.25) is 0 Å². The van der Waals surface area contributed by atoms with E-state index in [1.807, 2.05) is 12.2 Å². The van der Waals surface area contributed by atoms with Gasteiger partial charge in [0.1, 0.15) is 0 Å². The second-order valence-corrected chi connectivity index (χ2v) is 7.71. The van der Waals surface area contributed by atoms with Crippen molar-refractivity contribution in [3.63, 3.8) is 0 Å². The number of ketones is 2. The molecule has 0 bridgehead atoms. The molecule has 132 valence electrons. The monoisotopic (exact) mass is 328 g/mol. The summed E-state index contributed by atoms with van der Waals surface area (Å²) in [5.74, 6) is 0.615. The molecular weight excluding hydrogens is 296 g/mol. The number of carbonyl (C=O) groups is 2. The number of rotatable bonds is 4.